The van der Waals surface area contributed by atoms with Gasteiger partial charge in [0.1, 0.15) is 12.7 Å². The van der Waals surface area contributed by atoms with E-state index < -0.39 is 11.0 Å². The molecule has 0 spiro atoms. The normalized spacial score (nSPS) is 15.2. The lowest BCUT2D eigenvalue weighted by Gasteiger charge is -2.19. The SMILES string of the molecule is O=[N+]([O-])c1ccccc1OC[C@@H](O)CN1Cc2ccccc2C1. The highest BCUT2D eigenvalue weighted by atomic mass is 16.6. The van der Waals surface area contributed by atoms with Gasteiger partial charge in [-0.1, -0.05) is 36.4 Å². The van der Waals surface area contributed by atoms with Gasteiger partial charge >= 0.3 is 5.69 Å². The van der Waals surface area contributed by atoms with E-state index in [0.29, 0.717) is 6.54 Å². The van der Waals surface area contributed by atoms with Crippen LogP contribution in [-0.4, -0.2) is 34.2 Å². The van der Waals surface area contributed by atoms with Crippen molar-refractivity contribution in [3.05, 3.63) is 69.8 Å². The first-order chi connectivity index (χ1) is 11.1. The number of nitro groups is 1. The largest absolute Gasteiger partial charge is 0.484 e. The number of nitro benzene ring substituents is 1. The summed E-state index contributed by atoms with van der Waals surface area (Å²) < 4.78 is 5.43. The summed E-state index contributed by atoms with van der Waals surface area (Å²) in [5, 5.41) is 21.1. The number of β-amino-alcohol motifs (C(OH)–C–C–N with tert-alkyl or cyclic N) is 1. The summed E-state index contributed by atoms with van der Waals surface area (Å²) in [4.78, 5) is 12.6. The first-order valence-electron chi connectivity index (χ1n) is 7.47. The zero-order valence-electron chi connectivity index (χ0n) is 12.6. The highest BCUT2D eigenvalue weighted by Crippen LogP contribution is 2.26. The van der Waals surface area contributed by atoms with Gasteiger partial charge in [0.05, 0.1) is 4.92 Å². The molecule has 0 bridgehead atoms. The summed E-state index contributed by atoms with van der Waals surface area (Å²) in [5.41, 5.74) is 2.46. The number of aliphatic hydroxyl groups is 1. The Bertz CT molecular complexity index is 679. The molecule has 120 valence electrons. The highest BCUT2D eigenvalue weighted by molar-refractivity contribution is 5.45. The summed E-state index contributed by atoms with van der Waals surface area (Å²) in [6.07, 6.45) is -0.705. The van der Waals surface area contributed by atoms with Crippen LogP contribution >= 0.6 is 0 Å². The molecule has 0 fully saturated rings. The molecule has 0 amide bonds. The summed E-state index contributed by atoms with van der Waals surface area (Å²) in [6, 6.07) is 14.4. The third kappa shape index (κ3) is 3.67. The number of para-hydroxylation sites is 2. The van der Waals surface area contributed by atoms with Crippen LogP contribution in [0, 0.1) is 10.1 Å². The van der Waals surface area contributed by atoms with Crippen LogP contribution in [0.15, 0.2) is 48.5 Å². The number of hydrogen-bond acceptors (Lipinski definition) is 5. The molecule has 0 saturated carbocycles. The minimum absolute atomic E-state index is 0.0255. The molecule has 0 saturated heterocycles. The Morgan fingerprint density at radius 3 is 2.39 bits per heavy atom. The van der Waals surface area contributed by atoms with Gasteiger partial charge in [-0.3, -0.25) is 15.0 Å². The van der Waals surface area contributed by atoms with Gasteiger partial charge in [0, 0.05) is 25.7 Å². The first kappa shape index (κ1) is 15.5. The molecule has 0 radical (unpaired) electrons. The molecule has 6 heteroatoms. The molecule has 23 heavy (non-hydrogen) atoms. The van der Waals surface area contributed by atoms with E-state index in [1.165, 1.54) is 23.3 Å². The van der Waals surface area contributed by atoms with Crippen molar-refractivity contribution >= 4 is 5.69 Å². The van der Waals surface area contributed by atoms with Gasteiger partial charge in [-0.25, -0.2) is 0 Å². The van der Waals surface area contributed by atoms with E-state index in [1.54, 1.807) is 12.1 Å². The molecule has 6 nitrogen and oxygen atoms in total. The van der Waals surface area contributed by atoms with Crippen molar-refractivity contribution < 1.29 is 14.8 Å². The average Bonchev–Trinajstić information content (AvgIpc) is 2.95. The van der Waals surface area contributed by atoms with E-state index in [1.807, 2.05) is 12.1 Å². The zero-order chi connectivity index (χ0) is 16.2. The van der Waals surface area contributed by atoms with Crippen molar-refractivity contribution in [3.8, 4) is 5.75 Å². The molecular weight excluding hydrogens is 296 g/mol. The zero-order valence-corrected chi connectivity index (χ0v) is 12.6. The Morgan fingerprint density at radius 1 is 1.13 bits per heavy atom. The summed E-state index contributed by atoms with van der Waals surface area (Å²) in [7, 11) is 0. The van der Waals surface area contributed by atoms with E-state index in [-0.39, 0.29) is 18.0 Å². The molecule has 1 aliphatic heterocycles. The predicted octanol–water partition coefficient (Wildman–Crippen LogP) is 2.35. The standard InChI is InChI=1S/C17H18N2O4/c20-15(11-18-9-13-5-1-2-6-14(13)10-18)12-23-17-8-4-3-7-16(17)19(21)22/h1-8,15,20H,9-12H2/t15-/m0/s1. The Balaban J connectivity index is 1.53. The molecule has 0 unspecified atom stereocenters. The fraction of sp³-hybridized carbons (Fsp3) is 0.294. The van der Waals surface area contributed by atoms with Crippen molar-refractivity contribution in [2.45, 2.75) is 19.2 Å². The molecule has 1 heterocycles. The van der Waals surface area contributed by atoms with Crippen LogP contribution in [0.2, 0.25) is 0 Å². The molecule has 0 aromatic heterocycles. The van der Waals surface area contributed by atoms with E-state index in [2.05, 4.69) is 17.0 Å². The quantitative estimate of drug-likeness (QED) is 0.654. The topological polar surface area (TPSA) is 75.8 Å². The number of aliphatic hydroxyl groups excluding tert-OH is 1. The average molecular weight is 314 g/mol. The van der Waals surface area contributed by atoms with E-state index in [4.69, 9.17) is 4.74 Å². The molecule has 2 aromatic carbocycles. The van der Waals surface area contributed by atoms with Crippen LogP contribution in [-0.2, 0) is 13.1 Å². The van der Waals surface area contributed by atoms with Gasteiger partial charge in [-0.15, -0.1) is 0 Å². The van der Waals surface area contributed by atoms with Crippen molar-refractivity contribution in [2.24, 2.45) is 0 Å². The Hall–Kier alpha value is -2.44. The number of rotatable bonds is 6. The first-order valence-corrected chi connectivity index (χ1v) is 7.47. The minimum atomic E-state index is -0.705. The predicted molar refractivity (Wildman–Crippen MR) is 85.2 cm³/mol. The summed E-state index contributed by atoms with van der Waals surface area (Å²) >= 11 is 0. The van der Waals surface area contributed by atoms with E-state index in [0.717, 1.165) is 13.1 Å². The maximum Gasteiger partial charge on any atom is 0.310 e. The Morgan fingerprint density at radius 2 is 1.74 bits per heavy atom. The van der Waals surface area contributed by atoms with Crippen molar-refractivity contribution in [2.75, 3.05) is 13.2 Å². The number of hydrogen-bond donors (Lipinski definition) is 1. The third-order valence-electron chi connectivity index (χ3n) is 3.87. The van der Waals surface area contributed by atoms with Crippen LogP contribution in [0.3, 0.4) is 0 Å². The number of benzene rings is 2. The van der Waals surface area contributed by atoms with Gasteiger partial charge in [0.2, 0.25) is 0 Å². The van der Waals surface area contributed by atoms with E-state index in [9.17, 15) is 15.2 Å². The highest BCUT2D eigenvalue weighted by Gasteiger charge is 2.21. The lowest BCUT2D eigenvalue weighted by molar-refractivity contribution is -0.385. The summed E-state index contributed by atoms with van der Waals surface area (Å²) in [6.45, 7) is 2.10. The fourth-order valence-electron chi connectivity index (χ4n) is 2.80. The number of nitrogens with zero attached hydrogens (tertiary/aromatic N) is 2. The van der Waals surface area contributed by atoms with Crippen molar-refractivity contribution in [1.29, 1.82) is 0 Å². The van der Waals surface area contributed by atoms with Crippen molar-refractivity contribution in [3.63, 3.8) is 0 Å². The lowest BCUT2D eigenvalue weighted by atomic mass is 10.1. The van der Waals surface area contributed by atoms with Gasteiger partial charge in [-0.05, 0) is 17.2 Å². The minimum Gasteiger partial charge on any atom is -0.484 e. The number of fused-ring (bicyclic) bond motifs is 1. The van der Waals surface area contributed by atoms with Gasteiger partial charge < -0.3 is 9.84 Å². The molecule has 1 aliphatic rings. The molecule has 1 N–H and O–H groups in total. The van der Waals surface area contributed by atoms with E-state index >= 15 is 0 Å². The van der Waals surface area contributed by atoms with Crippen LogP contribution in [0.25, 0.3) is 0 Å². The number of ether oxygens (including phenoxy) is 1. The van der Waals surface area contributed by atoms with Crippen LogP contribution < -0.4 is 4.74 Å². The van der Waals surface area contributed by atoms with Crippen molar-refractivity contribution in [1.82, 2.24) is 4.90 Å². The molecular formula is C17H18N2O4. The Kier molecular flexibility index (Phi) is 4.55. The fourth-order valence-corrected chi connectivity index (χ4v) is 2.80. The molecule has 3 rings (SSSR count). The maximum absolute atomic E-state index is 10.9. The molecule has 1 atom stereocenters. The Labute approximate surface area is 134 Å². The monoisotopic (exact) mass is 314 g/mol. The lowest BCUT2D eigenvalue weighted by Crippen LogP contribution is -2.32. The second-order valence-electron chi connectivity index (χ2n) is 5.63. The second-order valence-corrected chi connectivity index (χ2v) is 5.63. The van der Waals surface area contributed by atoms with Crippen LogP contribution in [0.5, 0.6) is 5.75 Å². The maximum atomic E-state index is 10.9. The molecule has 2 aromatic rings. The smallest absolute Gasteiger partial charge is 0.310 e. The summed E-state index contributed by atoms with van der Waals surface area (Å²) in [5.74, 6) is 0.182. The van der Waals surface area contributed by atoms with Gasteiger partial charge in [0.25, 0.3) is 0 Å². The molecule has 0 aliphatic carbocycles. The van der Waals surface area contributed by atoms with Gasteiger partial charge in [0.15, 0.2) is 5.75 Å². The second kappa shape index (κ2) is 6.76. The van der Waals surface area contributed by atoms with Crippen LogP contribution in [0.1, 0.15) is 11.1 Å². The third-order valence-corrected chi connectivity index (χ3v) is 3.87. The van der Waals surface area contributed by atoms with Crippen LogP contribution in [0.4, 0.5) is 5.69 Å². The van der Waals surface area contributed by atoms with Gasteiger partial charge in [-0.2, -0.15) is 0 Å².